The number of carboxylic acids is 1. The number of aromatic carboxylic acids is 1. The normalized spacial score (nSPS) is 10.8. The highest BCUT2D eigenvalue weighted by atomic mass is 16.4. The number of carbonyl (C=O) groups is 1. The molecule has 0 aliphatic heterocycles. The van der Waals surface area contributed by atoms with Crippen LogP contribution >= 0.6 is 0 Å². The molecule has 6 nitrogen and oxygen atoms in total. The van der Waals surface area contributed by atoms with Gasteiger partial charge in [-0.1, -0.05) is 66.7 Å². The van der Waals surface area contributed by atoms with E-state index in [0.29, 0.717) is 23.0 Å². The van der Waals surface area contributed by atoms with E-state index in [1.165, 1.54) is 6.33 Å². The molecule has 6 heteroatoms. The van der Waals surface area contributed by atoms with E-state index in [0.717, 1.165) is 22.1 Å². The minimum Gasteiger partial charge on any atom is -0.478 e. The van der Waals surface area contributed by atoms with Crippen LogP contribution in [0.2, 0.25) is 0 Å². The summed E-state index contributed by atoms with van der Waals surface area (Å²) in [5.41, 5.74) is 4.02. The third-order valence-electron chi connectivity index (χ3n) is 4.96. The van der Waals surface area contributed by atoms with Gasteiger partial charge in [-0.3, -0.25) is 0 Å². The second-order valence-corrected chi connectivity index (χ2v) is 6.95. The van der Waals surface area contributed by atoms with Gasteiger partial charge < -0.3 is 14.8 Å². The number of aromatic nitrogens is 2. The number of hydrogen-bond acceptors (Lipinski definition) is 5. The third kappa shape index (κ3) is 3.51. The largest absolute Gasteiger partial charge is 0.478 e. The van der Waals surface area contributed by atoms with E-state index < -0.39 is 5.97 Å². The minimum atomic E-state index is -0.990. The molecule has 0 saturated heterocycles. The first kappa shape index (κ1) is 18.6. The van der Waals surface area contributed by atoms with Crippen molar-refractivity contribution in [1.82, 2.24) is 9.97 Å². The van der Waals surface area contributed by atoms with Crippen molar-refractivity contribution in [3.05, 3.63) is 96.8 Å². The van der Waals surface area contributed by atoms with Crippen molar-refractivity contribution >= 4 is 28.6 Å². The highest BCUT2D eigenvalue weighted by Gasteiger charge is 2.22. The van der Waals surface area contributed by atoms with Gasteiger partial charge in [-0.15, -0.1) is 0 Å². The molecule has 2 heterocycles. The number of fused-ring (bicyclic) bond motifs is 1. The third-order valence-corrected chi connectivity index (χ3v) is 4.96. The molecule has 0 unspecified atom stereocenters. The van der Waals surface area contributed by atoms with E-state index >= 15 is 0 Å². The smallest absolute Gasteiger partial charge is 0.335 e. The lowest BCUT2D eigenvalue weighted by Crippen LogP contribution is -1.99. The lowest BCUT2D eigenvalue weighted by atomic mass is 9.99. The molecule has 2 aromatic heterocycles. The molecule has 31 heavy (non-hydrogen) atoms. The minimum absolute atomic E-state index is 0.191. The highest BCUT2D eigenvalue weighted by Crippen LogP contribution is 2.42. The number of benzene rings is 3. The molecule has 0 spiro atoms. The van der Waals surface area contributed by atoms with Crippen LogP contribution in [-0.2, 0) is 0 Å². The number of carboxylic acid groups (broad SMARTS) is 1. The van der Waals surface area contributed by atoms with Gasteiger partial charge in [0.1, 0.15) is 17.9 Å². The Morgan fingerprint density at radius 3 is 2.26 bits per heavy atom. The second kappa shape index (κ2) is 7.76. The summed E-state index contributed by atoms with van der Waals surface area (Å²) in [5, 5.41) is 13.3. The Balaban J connectivity index is 1.73. The van der Waals surface area contributed by atoms with E-state index in [-0.39, 0.29) is 5.56 Å². The quantitative estimate of drug-likeness (QED) is 0.372. The summed E-state index contributed by atoms with van der Waals surface area (Å²) in [6.07, 6.45) is 1.43. The first-order chi connectivity index (χ1) is 15.2. The highest BCUT2D eigenvalue weighted by molar-refractivity contribution is 6.06. The molecular formula is C25H17N3O3. The standard InChI is InChI=1S/C25H17N3O3/c29-25(30)18-12-7-13-19(14-18)28-23-21-20(16-8-3-1-4-9-16)22(17-10-5-2-6-11-17)31-24(21)27-15-26-23/h1-15H,(H,29,30)(H,26,27,28). The van der Waals surface area contributed by atoms with Crippen LogP contribution in [-0.4, -0.2) is 21.0 Å². The number of anilines is 2. The molecule has 150 valence electrons. The van der Waals surface area contributed by atoms with Gasteiger partial charge in [0.25, 0.3) is 0 Å². The number of rotatable bonds is 5. The van der Waals surface area contributed by atoms with E-state index in [1.54, 1.807) is 24.3 Å². The molecule has 3 aromatic carbocycles. The van der Waals surface area contributed by atoms with Crippen molar-refractivity contribution in [1.29, 1.82) is 0 Å². The Bertz CT molecular complexity index is 1380. The lowest BCUT2D eigenvalue weighted by molar-refractivity contribution is 0.0697. The molecule has 5 aromatic rings. The molecule has 0 bridgehead atoms. The van der Waals surface area contributed by atoms with Crippen LogP contribution in [0.15, 0.2) is 95.7 Å². The number of nitrogens with one attached hydrogen (secondary N) is 1. The second-order valence-electron chi connectivity index (χ2n) is 6.95. The van der Waals surface area contributed by atoms with Crippen LogP contribution in [0, 0.1) is 0 Å². The Labute approximate surface area is 177 Å². The van der Waals surface area contributed by atoms with Crippen molar-refractivity contribution in [2.75, 3.05) is 5.32 Å². The van der Waals surface area contributed by atoms with Gasteiger partial charge in [-0.05, 0) is 23.8 Å². The maximum Gasteiger partial charge on any atom is 0.335 e. The molecular weight excluding hydrogens is 390 g/mol. The first-order valence-corrected chi connectivity index (χ1v) is 9.69. The topological polar surface area (TPSA) is 88.2 Å². The summed E-state index contributed by atoms with van der Waals surface area (Å²) in [6.45, 7) is 0. The zero-order valence-corrected chi connectivity index (χ0v) is 16.3. The SMILES string of the molecule is O=C(O)c1cccc(Nc2ncnc3oc(-c4ccccc4)c(-c4ccccc4)c23)c1. The van der Waals surface area contributed by atoms with E-state index in [2.05, 4.69) is 15.3 Å². The molecule has 0 atom stereocenters. The summed E-state index contributed by atoms with van der Waals surface area (Å²) in [4.78, 5) is 20.1. The molecule has 0 radical (unpaired) electrons. The van der Waals surface area contributed by atoms with Crippen molar-refractivity contribution in [3.63, 3.8) is 0 Å². The summed E-state index contributed by atoms with van der Waals surface area (Å²) < 4.78 is 6.19. The van der Waals surface area contributed by atoms with Crippen molar-refractivity contribution in [3.8, 4) is 22.5 Å². The number of nitrogens with zero attached hydrogens (tertiary/aromatic N) is 2. The van der Waals surface area contributed by atoms with Gasteiger partial charge >= 0.3 is 5.97 Å². The number of hydrogen-bond donors (Lipinski definition) is 2. The fourth-order valence-electron chi connectivity index (χ4n) is 3.57. The fraction of sp³-hybridized carbons (Fsp3) is 0. The van der Waals surface area contributed by atoms with E-state index in [4.69, 9.17) is 4.42 Å². The Morgan fingerprint density at radius 1 is 0.839 bits per heavy atom. The summed E-state index contributed by atoms with van der Waals surface area (Å²) in [6, 6.07) is 26.4. The number of furan rings is 1. The molecule has 0 aliphatic carbocycles. The Hall–Kier alpha value is -4.45. The fourth-order valence-corrected chi connectivity index (χ4v) is 3.57. The maximum absolute atomic E-state index is 11.3. The van der Waals surface area contributed by atoms with Crippen LogP contribution < -0.4 is 5.32 Å². The van der Waals surface area contributed by atoms with Crippen molar-refractivity contribution in [2.45, 2.75) is 0 Å². The molecule has 0 amide bonds. The van der Waals surface area contributed by atoms with Crippen LogP contribution in [0.25, 0.3) is 33.6 Å². The maximum atomic E-state index is 11.3. The van der Waals surface area contributed by atoms with Gasteiger partial charge in [0, 0.05) is 16.8 Å². The van der Waals surface area contributed by atoms with Crippen LogP contribution in [0.1, 0.15) is 10.4 Å². The predicted octanol–water partition coefficient (Wildman–Crippen LogP) is 6.00. The van der Waals surface area contributed by atoms with Gasteiger partial charge in [0.2, 0.25) is 5.71 Å². The van der Waals surface area contributed by atoms with Crippen molar-refractivity contribution < 1.29 is 14.3 Å². The van der Waals surface area contributed by atoms with Gasteiger partial charge in [-0.2, -0.15) is 0 Å². The average Bonchev–Trinajstić information content (AvgIpc) is 3.21. The predicted molar refractivity (Wildman–Crippen MR) is 119 cm³/mol. The molecule has 2 N–H and O–H groups in total. The van der Waals surface area contributed by atoms with Crippen LogP contribution in [0.3, 0.4) is 0 Å². The monoisotopic (exact) mass is 407 g/mol. The zero-order valence-electron chi connectivity index (χ0n) is 16.3. The Kier molecular flexibility index (Phi) is 4.65. The van der Waals surface area contributed by atoms with E-state index in [1.807, 2.05) is 60.7 Å². The summed E-state index contributed by atoms with van der Waals surface area (Å²) in [5.74, 6) is 0.248. The lowest BCUT2D eigenvalue weighted by Gasteiger charge is -2.09. The molecule has 0 fully saturated rings. The average molecular weight is 407 g/mol. The van der Waals surface area contributed by atoms with Gasteiger partial charge in [0.05, 0.1) is 10.9 Å². The van der Waals surface area contributed by atoms with Crippen LogP contribution in [0.4, 0.5) is 11.5 Å². The zero-order chi connectivity index (χ0) is 21.2. The Morgan fingerprint density at radius 2 is 1.55 bits per heavy atom. The molecule has 0 aliphatic rings. The van der Waals surface area contributed by atoms with E-state index in [9.17, 15) is 9.90 Å². The molecule has 0 saturated carbocycles. The first-order valence-electron chi connectivity index (χ1n) is 9.69. The summed E-state index contributed by atoms with van der Waals surface area (Å²) in [7, 11) is 0. The summed E-state index contributed by atoms with van der Waals surface area (Å²) >= 11 is 0. The van der Waals surface area contributed by atoms with Crippen molar-refractivity contribution in [2.24, 2.45) is 0 Å². The van der Waals surface area contributed by atoms with Gasteiger partial charge in [0.15, 0.2) is 0 Å². The van der Waals surface area contributed by atoms with Gasteiger partial charge in [-0.25, -0.2) is 14.8 Å². The molecule has 5 rings (SSSR count). The van der Waals surface area contributed by atoms with Crippen LogP contribution in [0.5, 0.6) is 0 Å².